The summed E-state index contributed by atoms with van der Waals surface area (Å²) in [7, 11) is -2.15. The Morgan fingerprint density at radius 1 is 1.11 bits per heavy atom. The Hall–Kier alpha value is -2.97. The SMILES string of the molecule is Cc1ccccc1NC(=O)c1ncn2c1CN(C)S(=O)(=O)c1ccccc1-2. The van der Waals surface area contributed by atoms with Gasteiger partial charge in [-0.05, 0) is 30.7 Å². The summed E-state index contributed by atoms with van der Waals surface area (Å²) >= 11 is 0. The van der Waals surface area contributed by atoms with E-state index in [1.54, 1.807) is 28.8 Å². The smallest absolute Gasteiger partial charge is 0.276 e. The van der Waals surface area contributed by atoms with Crippen LogP contribution in [0.2, 0.25) is 0 Å². The van der Waals surface area contributed by atoms with Gasteiger partial charge in [-0.3, -0.25) is 9.36 Å². The van der Waals surface area contributed by atoms with Gasteiger partial charge in [0.2, 0.25) is 10.0 Å². The second-order valence-corrected chi connectivity index (χ2v) is 8.42. The summed E-state index contributed by atoms with van der Waals surface area (Å²) in [5.41, 5.74) is 2.84. The highest BCUT2D eigenvalue weighted by Gasteiger charge is 2.32. The lowest BCUT2D eigenvalue weighted by molar-refractivity contribution is 0.102. The zero-order valence-corrected chi connectivity index (χ0v) is 15.7. The Morgan fingerprint density at radius 2 is 1.81 bits per heavy atom. The molecule has 1 aliphatic rings. The molecule has 1 aliphatic heterocycles. The van der Waals surface area contributed by atoms with Gasteiger partial charge in [-0.25, -0.2) is 13.4 Å². The van der Waals surface area contributed by atoms with Crippen LogP contribution in [-0.4, -0.2) is 35.2 Å². The summed E-state index contributed by atoms with van der Waals surface area (Å²) in [5, 5.41) is 2.86. The number of hydrogen-bond acceptors (Lipinski definition) is 4. The van der Waals surface area contributed by atoms with Crippen LogP contribution < -0.4 is 5.32 Å². The molecule has 0 spiro atoms. The van der Waals surface area contributed by atoms with E-state index in [4.69, 9.17) is 0 Å². The van der Waals surface area contributed by atoms with Crippen molar-refractivity contribution >= 4 is 21.6 Å². The standard InChI is InChI=1S/C19H18N4O3S/c1-13-7-3-4-8-14(13)21-19(24)18-16-11-22(2)27(25,26)17-10-6-5-9-15(17)23(16)12-20-18/h3-10,12H,11H2,1-2H3,(H,21,24). The maximum atomic E-state index is 12.8. The minimum absolute atomic E-state index is 0.0491. The number of anilines is 1. The molecule has 27 heavy (non-hydrogen) atoms. The van der Waals surface area contributed by atoms with Gasteiger partial charge in [-0.1, -0.05) is 30.3 Å². The summed E-state index contributed by atoms with van der Waals surface area (Å²) in [4.78, 5) is 17.3. The lowest BCUT2D eigenvalue weighted by atomic mass is 10.2. The van der Waals surface area contributed by atoms with Crippen molar-refractivity contribution in [1.82, 2.24) is 13.9 Å². The zero-order chi connectivity index (χ0) is 19.2. The number of nitrogens with one attached hydrogen (secondary N) is 1. The number of fused-ring (bicyclic) bond motifs is 3. The molecule has 0 unspecified atom stereocenters. The molecule has 8 heteroatoms. The molecule has 1 aromatic heterocycles. The van der Waals surface area contributed by atoms with Gasteiger partial charge in [0.15, 0.2) is 5.69 Å². The molecule has 0 atom stereocenters. The molecule has 0 bridgehead atoms. The number of sulfonamides is 1. The topological polar surface area (TPSA) is 84.3 Å². The first-order valence-corrected chi connectivity index (χ1v) is 9.82. The lowest BCUT2D eigenvalue weighted by Gasteiger charge is -2.14. The van der Waals surface area contributed by atoms with E-state index in [0.29, 0.717) is 17.1 Å². The number of carbonyl (C=O) groups excluding carboxylic acids is 1. The van der Waals surface area contributed by atoms with E-state index in [1.807, 2.05) is 31.2 Å². The van der Waals surface area contributed by atoms with Crippen LogP contribution >= 0.6 is 0 Å². The number of benzene rings is 2. The number of imidazole rings is 1. The molecule has 1 amide bonds. The van der Waals surface area contributed by atoms with Crippen LogP contribution in [0.1, 0.15) is 21.7 Å². The van der Waals surface area contributed by atoms with Gasteiger partial charge >= 0.3 is 0 Å². The predicted molar refractivity (Wildman–Crippen MR) is 101 cm³/mol. The van der Waals surface area contributed by atoms with Crippen LogP contribution in [0.15, 0.2) is 59.8 Å². The number of para-hydroxylation sites is 2. The van der Waals surface area contributed by atoms with E-state index in [-0.39, 0.29) is 23.0 Å². The van der Waals surface area contributed by atoms with Gasteiger partial charge in [0.25, 0.3) is 5.91 Å². The fourth-order valence-corrected chi connectivity index (χ4v) is 4.46. The molecule has 4 rings (SSSR count). The molecule has 0 saturated heterocycles. The number of aromatic nitrogens is 2. The first kappa shape index (κ1) is 17.4. The molecule has 0 fully saturated rings. The van der Waals surface area contributed by atoms with Crippen LogP contribution in [0, 0.1) is 6.92 Å². The number of rotatable bonds is 2. The van der Waals surface area contributed by atoms with E-state index in [0.717, 1.165) is 5.56 Å². The van der Waals surface area contributed by atoms with Crippen molar-refractivity contribution in [2.45, 2.75) is 18.4 Å². The summed E-state index contributed by atoms with van der Waals surface area (Å²) in [6.07, 6.45) is 1.50. The number of amides is 1. The van der Waals surface area contributed by atoms with E-state index < -0.39 is 10.0 Å². The van der Waals surface area contributed by atoms with Gasteiger partial charge in [0, 0.05) is 12.7 Å². The number of carbonyl (C=O) groups is 1. The van der Waals surface area contributed by atoms with Crippen LogP contribution in [0.25, 0.3) is 5.69 Å². The van der Waals surface area contributed by atoms with Gasteiger partial charge in [0.05, 0.1) is 17.9 Å². The summed E-state index contributed by atoms with van der Waals surface area (Å²) in [6, 6.07) is 14.2. The van der Waals surface area contributed by atoms with Crippen molar-refractivity contribution in [1.29, 1.82) is 0 Å². The van der Waals surface area contributed by atoms with Crippen LogP contribution in [0.4, 0.5) is 5.69 Å². The Kier molecular flexibility index (Phi) is 4.09. The first-order chi connectivity index (χ1) is 12.9. The molecule has 0 aliphatic carbocycles. The second kappa shape index (κ2) is 6.33. The maximum Gasteiger partial charge on any atom is 0.276 e. The normalized spacial score (nSPS) is 15.5. The molecule has 3 aromatic rings. The second-order valence-electron chi connectivity index (χ2n) is 6.41. The Balaban J connectivity index is 1.81. The van der Waals surface area contributed by atoms with Gasteiger partial charge in [0.1, 0.15) is 11.2 Å². The van der Waals surface area contributed by atoms with Crippen LogP contribution in [-0.2, 0) is 16.6 Å². The molecular weight excluding hydrogens is 364 g/mol. The van der Waals surface area contributed by atoms with Crippen molar-refractivity contribution in [3.05, 3.63) is 71.8 Å². The molecule has 1 N–H and O–H groups in total. The van der Waals surface area contributed by atoms with E-state index in [2.05, 4.69) is 10.3 Å². The maximum absolute atomic E-state index is 12.8. The quantitative estimate of drug-likeness (QED) is 0.738. The average molecular weight is 382 g/mol. The molecule has 2 aromatic carbocycles. The fraction of sp³-hybridized carbons (Fsp3) is 0.158. The monoisotopic (exact) mass is 382 g/mol. The van der Waals surface area contributed by atoms with Gasteiger partial charge in [-0.15, -0.1) is 0 Å². The minimum Gasteiger partial charge on any atom is -0.320 e. The number of nitrogens with zero attached hydrogens (tertiary/aromatic N) is 3. The minimum atomic E-state index is -3.65. The zero-order valence-electron chi connectivity index (χ0n) is 14.9. The third-order valence-electron chi connectivity index (χ3n) is 4.66. The summed E-state index contributed by atoms with van der Waals surface area (Å²) in [5.74, 6) is -0.372. The average Bonchev–Trinajstić information content (AvgIpc) is 3.04. The van der Waals surface area contributed by atoms with Crippen molar-refractivity contribution in [2.24, 2.45) is 0 Å². The third-order valence-corrected chi connectivity index (χ3v) is 6.51. The Labute approximate surface area is 157 Å². The molecule has 2 heterocycles. The highest BCUT2D eigenvalue weighted by atomic mass is 32.2. The number of hydrogen-bond donors (Lipinski definition) is 1. The van der Waals surface area contributed by atoms with E-state index in [1.165, 1.54) is 17.7 Å². The highest BCUT2D eigenvalue weighted by molar-refractivity contribution is 7.89. The molecular formula is C19H18N4O3S. The van der Waals surface area contributed by atoms with Crippen molar-refractivity contribution in [2.75, 3.05) is 12.4 Å². The fourth-order valence-electron chi connectivity index (χ4n) is 3.15. The third kappa shape index (κ3) is 2.83. The summed E-state index contributed by atoms with van der Waals surface area (Å²) < 4.78 is 28.5. The van der Waals surface area contributed by atoms with Crippen molar-refractivity contribution < 1.29 is 13.2 Å². The first-order valence-electron chi connectivity index (χ1n) is 8.38. The van der Waals surface area contributed by atoms with Crippen LogP contribution in [0.3, 0.4) is 0 Å². The highest BCUT2D eigenvalue weighted by Crippen LogP contribution is 2.30. The van der Waals surface area contributed by atoms with E-state index in [9.17, 15) is 13.2 Å². The molecule has 138 valence electrons. The van der Waals surface area contributed by atoms with Gasteiger partial charge in [-0.2, -0.15) is 4.31 Å². The molecule has 0 saturated carbocycles. The molecule has 7 nitrogen and oxygen atoms in total. The van der Waals surface area contributed by atoms with Gasteiger partial charge < -0.3 is 5.32 Å². The number of aryl methyl sites for hydroxylation is 1. The summed E-state index contributed by atoms with van der Waals surface area (Å²) in [6.45, 7) is 1.95. The predicted octanol–water partition coefficient (Wildman–Crippen LogP) is 2.57. The Morgan fingerprint density at radius 3 is 2.59 bits per heavy atom. The van der Waals surface area contributed by atoms with Crippen LogP contribution in [0.5, 0.6) is 0 Å². The lowest BCUT2D eigenvalue weighted by Crippen LogP contribution is -2.26. The van der Waals surface area contributed by atoms with Crippen molar-refractivity contribution in [3.8, 4) is 5.69 Å². The molecule has 0 radical (unpaired) electrons. The Bertz CT molecular complexity index is 1150. The largest absolute Gasteiger partial charge is 0.320 e. The van der Waals surface area contributed by atoms with Crippen molar-refractivity contribution in [3.63, 3.8) is 0 Å². The van der Waals surface area contributed by atoms with E-state index >= 15 is 0 Å².